The van der Waals surface area contributed by atoms with Gasteiger partial charge in [-0.25, -0.2) is 0 Å². The molecule has 2 aromatic rings. The van der Waals surface area contributed by atoms with Crippen molar-refractivity contribution in [2.75, 3.05) is 17.6 Å². The van der Waals surface area contributed by atoms with Gasteiger partial charge in [-0.3, -0.25) is 4.99 Å². The van der Waals surface area contributed by atoms with Crippen LogP contribution < -0.4 is 5.32 Å². The van der Waals surface area contributed by atoms with Gasteiger partial charge in [0.15, 0.2) is 5.17 Å². The molecule has 0 saturated heterocycles. The summed E-state index contributed by atoms with van der Waals surface area (Å²) >= 11 is 5.36. The normalized spacial score (nSPS) is 15.0. The largest absolute Gasteiger partial charge is 0.334 e. The van der Waals surface area contributed by atoms with Crippen LogP contribution in [-0.2, 0) is 0 Å². The van der Waals surface area contributed by atoms with Crippen molar-refractivity contribution < 1.29 is 0 Å². The standard InChI is InChI=1S/C13H11BrN2S/c14-11-5-6-12(16-13-15-7-8-17-13)10-4-2-1-3-9(10)11/h1-6H,7-8H2,(H,15,16). The highest BCUT2D eigenvalue weighted by Gasteiger charge is 2.09. The fourth-order valence-corrected chi connectivity index (χ4v) is 3.12. The Labute approximate surface area is 113 Å². The van der Waals surface area contributed by atoms with Crippen LogP contribution >= 0.6 is 27.7 Å². The number of thioether (sulfide) groups is 1. The maximum atomic E-state index is 4.42. The zero-order valence-electron chi connectivity index (χ0n) is 9.11. The molecule has 17 heavy (non-hydrogen) atoms. The quantitative estimate of drug-likeness (QED) is 0.857. The van der Waals surface area contributed by atoms with Crippen molar-refractivity contribution in [3.8, 4) is 0 Å². The zero-order valence-corrected chi connectivity index (χ0v) is 11.5. The van der Waals surface area contributed by atoms with Gasteiger partial charge in [0.1, 0.15) is 0 Å². The van der Waals surface area contributed by atoms with Crippen LogP contribution in [0.1, 0.15) is 0 Å². The molecule has 0 spiro atoms. The first-order valence-corrected chi connectivity index (χ1v) is 7.24. The third-order valence-corrected chi connectivity index (χ3v) is 4.28. The highest BCUT2D eigenvalue weighted by Crippen LogP contribution is 2.30. The number of benzene rings is 2. The average molecular weight is 307 g/mol. The number of rotatable bonds is 1. The molecule has 2 nitrogen and oxygen atoms in total. The molecule has 0 atom stereocenters. The number of amidine groups is 1. The minimum Gasteiger partial charge on any atom is -0.334 e. The van der Waals surface area contributed by atoms with E-state index in [4.69, 9.17) is 0 Å². The summed E-state index contributed by atoms with van der Waals surface area (Å²) in [4.78, 5) is 4.42. The molecule has 3 rings (SSSR count). The van der Waals surface area contributed by atoms with E-state index in [2.05, 4.69) is 62.6 Å². The monoisotopic (exact) mass is 306 g/mol. The summed E-state index contributed by atoms with van der Waals surface area (Å²) in [6.45, 7) is 0.918. The first-order chi connectivity index (χ1) is 8.34. The lowest BCUT2D eigenvalue weighted by Crippen LogP contribution is -2.05. The highest BCUT2D eigenvalue weighted by molar-refractivity contribution is 9.10. The summed E-state index contributed by atoms with van der Waals surface area (Å²) in [5.41, 5.74) is 1.12. The fourth-order valence-electron chi connectivity index (χ4n) is 1.90. The molecule has 1 aliphatic rings. The number of nitrogens with one attached hydrogen (secondary N) is 1. The molecule has 0 unspecified atom stereocenters. The Balaban J connectivity index is 2.07. The zero-order chi connectivity index (χ0) is 11.7. The summed E-state index contributed by atoms with van der Waals surface area (Å²) in [7, 11) is 0. The third kappa shape index (κ3) is 2.19. The number of nitrogens with zero attached hydrogens (tertiary/aromatic N) is 1. The van der Waals surface area contributed by atoms with Crippen molar-refractivity contribution in [2.24, 2.45) is 4.99 Å². The van der Waals surface area contributed by atoms with Gasteiger partial charge in [0, 0.05) is 21.3 Å². The second kappa shape index (κ2) is 4.70. The first kappa shape index (κ1) is 11.1. The molecule has 0 bridgehead atoms. The number of hydrogen-bond donors (Lipinski definition) is 1. The van der Waals surface area contributed by atoms with E-state index < -0.39 is 0 Å². The topological polar surface area (TPSA) is 24.4 Å². The molecule has 1 heterocycles. The van der Waals surface area contributed by atoms with E-state index in [9.17, 15) is 0 Å². The predicted molar refractivity (Wildman–Crippen MR) is 80.0 cm³/mol. The van der Waals surface area contributed by atoms with Gasteiger partial charge in [0.05, 0.1) is 6.54 Å². The van der Waals surface area contributed by atoms with Crippen LogP contribution in [0.3, 0.4) is 0 Å². The van der Waals surface area contributed by atoms with Crippen LogP contribution in [0.15, 0.2) is 45.9 Å². The van der Waals surface area contributed by atoms with E-state index in [-0.39, 0.29) is 0 Å². The number of halogens is 1. The minimum atomic E-state index is 0.918. The smallest absolute Gasteiger partial charge is 0.161 e. The number of hydrogen-bond acceptors (Lipinski definition) is 3. The SMILES string of the molecule is Brc1ccc(NC2=NCCS2)c2ccccc12. The maximum absolute atomic E-state index is 4.42. The lowest BCUT2D eigenvalue weighted by atomic mass is 10.1. The first-order valence-electron chi connectivity index (χ1n) is 5.46. The van der Waals surface area contributed by atoms with Crippen LogP contribution in [0, 0.1) is 0 Å². The van der Waals surface area contributed by atoms with Gasteiger partial charge in [-0.1, -0.05) is 52.0 Å². The van der Waals surface area contributed by atoms with Gasteiger partial charge >= 0.3 is 0 Å². The molecular weight excluding hydrogens is 296 g/mol. The van der Waals surface area contributed by atoms with Crippen LogP contribution in [0.4, 0.5) is 5.69 Å². The lowest BCUT2D eigenvalue weighted by Gasteiger charge is -2.10. The van der Waals surface area contributed by atoms with Crippen molar-refractivity contribution in [1.82, 2.24) is 0 Å². The summed E-state index contributed by atoms with van der Waals surface area (Å²) in [5.74, 6) is 1.08. The molecule has 0 amide bonds. The number of anilines is 1. The minimum absolute atomic E-state index is 0.918. The molecule has 86 valence electrons. The Morgan fingerprint density at radius 1 is 1.12 bits per heavy atom. The van der Waals surface area contributed by atoms with Crippen LogP contribution in [0.5, 0.6) is 0 Å². The van der Waals surface area contributed by atoms with Crippen LogP contribution in [0.25, 0.3) is 10.8 Å². The molecule has 0 fully saturated rings. The molecule has 0 aliphatic carbocycles. The van der Waals surface area contributed by atoms with Gasteiger partial charge in [-0.2, -0.15) is 0 Å². The van der Waals surface area contributed by atoms with Crippen molar-refractivity contribution in [3.63, 3.8) is 0 Å². The third-order valence-electron chi connectivity index (χ3n) is 2.70. The summed E-state index contributed by atoms with van der Waals surface area (Å²) in [6.07, 6.45) is 0. The molecule has 2 aromatic carbocycles. The molecule has 0 saturated carbocycles. The van der Waals surface area contributed by atoms with Gasteiger partial charge in [0.2, 0.25) is 0 Å². The van der Waals surface area contributed by atoms with Gasteiger partial charge in [0.25, 0.3) is 0 Å². The van der Waals surface area contributed by atoms with E-state index in [1.165, 1.54) is 10.8 Å². The molecule has 1 N–H and O–H groups in total. The Bertz CT molecular complexity index is 595. The van der Waals surface area contributed by atoms with Gasteiger partial charge in [-0.15, -0.1) is 0 Å². The fraction of sp³-hybridized carbons (Fsp3) is 0.154. The summed E-state index contributed by atoms with van der Waals surface area (Å²) < 4.78 is 1.12. The van der Waals surface area contributed by atoms with Crippen molar-refractivity contribution in [1.29, 1.82) is 0 Å². The van der Waals surface area contributed by atoms with Crippen molar-refractivity contribution >= 4 is 49.3 Å². The van der Waals surface area contributed by atoms with Crippen LogP contribution in [0.2, 0.25) is 0 Å². The van der Waals surface area contributed by atoms with Crippen LogP contribution in [-0.4, -0.2) is 17.5 Å². The number of fused-ring (bicyclic) bond motifs is 1. The summed E-state index contributed by atoms with van der Waals surface area (Å²) in [6, 6.07) is 12.5. The van der Waals surface area contributed by atoms with Crippen molar-refractivity contribution in [2.45, 2.75) is 0 Å². The average Bonchev–Trinajstić information content (AvgIpc) is 2.86. The Morgan fingerprint density at radius 2 is 1.94 bits per heavy atom. The van der Waals surface area contributed by atoms with E-state index in [0.717, 1.165) is 27.6 Å². The van der Waals surface area contributed by atoms with E-state index in [1.54, 1.807) is 11.8 Å². The van der Waals surface area contributed by atoms with Gasteiger partial charge in [-0.05, 0) is 17.5 Å². The van der Waals surface area contributed by atoms with Gasteiger partial charge < -0.3 is 5.32 Å². The summed E-state index contributed by atoms with van der Waals surface area (Å²) in [5, 5.41) is 6.87. The second-order valence-corrected chi connectivity index (χ2v) is 5.74. The Hall–Kier alpha value is -1.00. The van der Waals surface area contributed by atoms with E-state index >= 15 is 0 Å². The predicted octanol–water partition coefficient (Wildman–Crippen LogP) is 4.12. The maximum Gasteiger partial charge on any atom is 0.161 e. The molecular formula is C13H11BrN2S. The molecule has 0 radical (unpaired) electrons. The van der Waals surface area contributed by atoms with E-state index in [0.29, 0.717) is 0 Å². The molecule has 1 aliphatic heterocycles. The highest BCUT2D eigenvalue weighted by atomic mass is 79.9. The second-order valence-electron chi connectivity index (χ2n) is 3.80. The molecule has 4 heteroatoms. The lowest BCUT2D eigenvalue weighted by molar-refractivity contribution is 1.17. The van der Waals surface area contributed by atoms with Crippen molar-refractivity contribution in [3.05, 3.63) is 40.9 Å². The number of aliphatic imine (C=N–C) groups is 1. The van der Waals surface area contributed by atoms with E-state index in [1.807, 2.05) is 0 Å². The molecule has 0 aromatic heterocycles. The Morgan fingerprint density at radius 3 is 2.71 bits per heavy atom. The Kier molecular flexibility index (Phi) is 3.07.